The van der Waals surface area contributed by atoms with Gasteiger partial charge in [-0.1, -0.05) is 20.8 Å². The highest BCUT2D eigenvalue weighted by molar-refractivity contribution is 5.76. The number of nitrogens with one attached hydrogen (secondary N) is 1. The van der Waals surface area contributed by atoms with Crippen LogP contribution >= 0.6 is 0 Å². The Labute approximate surface area is 129 Å². The Balaban J connectivity index is 1.43. The summed E-state index contributed by atoms with van der Waals surface area (Å²) >= 11 is 0. The Bertz CT molecular complexity index is 385. The van der Waals surface area contributed by atoms with Crippen molar-refractivity contribution in [1.29, 1.82) is 0 Å². The molecule has 0 aromatic rings. The Morgan fingerprint density at radius 2 is 1.81 bits per heavy atom. The van der Waals surface area contributed by atoms with Crippen molar-refractivity contribution in [3.63, 3.8) is 0 Å². The van der Waals surface area contributed by atoms with Gasteiger partial charge in [-0.15, -0.1) is 0 Å². The van der Waals surface area contributed by atoms with E-state index in [1.165, 1.54) is 19.3 Å². The second kappa shape index (κ2) is 5.57. The van der Waals surface area contributed by atoms with Crippen LogP contribution in [0, 0.1) is 35.0 Å². The molecule has 21 heavy (non-hydrogen) atoms. The van der Waals surface area contributed by atoms with Crippen molar-refractivity contribution in [2.45, 2.75) is 65.3 Å². The van der Waals surface area contributed by atoms with Crippen molar-refractivity contribution in [2.75, 3.05) is 6.54 Å². The van der Waals surface area contributed by atoms with Crippen LogP contribution in [0.4, 0.5) is 0 Å². The lowest BCUT2D eigenvalue weighted by Crippen LogP contribution is -2.31. The third kappa shape index (κ3) is 2.99. The number of carbonyl (C=O) groups excluding carboxylic acids is 1. The highest BCUT2D eigenvalue weighted by Crippen LogP contribution is 2.65. The smallest absolute Gasteiger partial charge is 0.220 e. The zero-order chi connectivity index (χ0) is 15.2. The molecule has 5 atom stereocenters. The summed E-state index contributed by atoms with van der Waals surface area (Å²) < 4.78 is 0. The van der Waals surface area contributed by atoms with Gasteiger partial charge < -0.3 is 11.1 Å². The lowest BCUT2D eigenvalue weighted by molar-refractivity contribution is -0.121. The molecule has 3 saturated carbocycles. The van der Waals surface area contributed by atoms with Gasteiger partial charge in [0.1, 0.15) is 0 Å². The van der Waals surface area contributed by atoms with Gasteiger partial charge in [0, 0.05) is 12.5 Å². The predicted octanol–water partition coefficient (Wildman–Crippen LogP) is 2.94. The number of fused-ring (bicyclic) bond motifs is 5. The van der Waals surface area contributed by atoms with Gasteiger partial charge in [-0.3, -0.25) is 4.79 Å². The van der Waals surface area contributed by atoms with Gasteiger partial charge in [0.15, 0.2) is 0 Å². The molecule has 0 heterocycles. The van der Waals surface area contributed by atoms with Crippen molar-refractivity contribution in [1.82, 2.24) is 5.32 Å². The third-order valence-electron chi connectivity index (χ3n) is 6.52. The van der Waals surface area contributed by atoms with E-state index in [1.54, 1.807) is 0 Å². The summed E-state index contributed by atoms with van der Waals surface area (Å²) in [7, 11) is 0. The molecule has 5 unspecified atom stereocenters. The molecule has 0 aromatic carbocycles. The SMILES string of the molecule is CC(C)(C)C(CCN)CCC(=O)NC1C2C3CCC(C3)C12. The van der Waals surface area contributed by atoms with E-state index in [-0.39, 0.29) is 11.3 Å². The molecule has 3 N–H and O–H groups in total. The van der Waals surface area contributed by atoms with Gasteiger partial charge in [0.25, 0.3) is 0 Å². The maximum atomic E-state index is 12.3. The first-order valence-corrected chi connectivity index (χ1v) is 8.91. The van der Waals surface area contributed by atoms with Crippen LogP contribution in [0.3, 0.4) is 0 Å². The van der Waals surface area contributed by atoms with Crippen LogP contribution in [0.1, 0.15) is 59.3 Å². The summed E-state index contributed by atoms with van der Waals surface area (Å²) in [6.07, 6.45) is 6.95. The second-order valence-electron chi connectivity index (χ2n) is 8.76. The molecule has 3 aliphatic carbocycles. The fourth-order valence-electron chi connectivity index (χ4n) is 5.29. The van der Waals surface area contributed by atoms with Crippen LogP contribution in [-0.2, 0) is 4.79 Å². The van der Waals surface area contributed by atoms with Crippen molar-refractivity contribution in [3.05, 3.63) is 0 Å². The lowest BCUT2D eigenvalue weighted by atomic mass is 9.76. The Morgan fingerprint density at radius 1 is 1.19 bits per heavy atom. The molecule has 1 amide bonds. The van der Waals surface area contributed by atoms with Crippen LogP contribution < -0.4 is 11.1 Å². The first-order chi connectivity index (χ1) is 9.91. The lowest BCUT2D eigenvalue weighted by Gasteiger charge is -2.30. The van der Waals surface area contributed by atoms with Crippen LogP contribution in [-0.4, -0.2) is 18.5 Å². The monoisotopic (exact) mass is 292 g/mol. The minimum absolute atomic E-state index is 0.245. The first-order valence-electron chi connectivity index (χ1n) is 8.91. The van der Waals surface area contributed by atoms with E-state index in [2.05, 4.69) is 26.1 Å². The number of carbonyl (C=O) groups is 1. The largest absolute Gasteiger partial charge is 0.353 e. The maximum Gasteiger partial charge on any atom is 0.220 e. The molecule has 0 aromatic heterocycles. The van der Waals surface area contributed by atoms with Gasteiger partial charge in [-0.2, -0.15) is 0 Å². The average molecular weight is 292 g/mol. The molecule has 3 rings (SSSR count). The average Bonchev–Trinajstić information content (AvgIpc) is 2.81. The summed E-state index contributed by atoms with van der Waals surface area (Å²) in [5.41, 5.74) is 5.97. The van der Waals surface area contributed by atoms with Crippen LogP contribution in [0.5, 0.6) is 0 Å². The quantitative estimate of drug-likeness (QED) is 0.791. The number of rotatable bonds is 6. The fourth-order valence-corrected chi connectivity index (χ4v) is 5.29. The van der Waals surface area contributed by atoms with Gasteiger partial charge >= 0.3 is 0 Å². The molecule has 3 fully saturated rings. The highest BCUT2D eigenvalue weighted by atomic mass is 16.1. The number of hydrogen-bond acceptors (Lipinski definition) is 2. The van der Waals surface area contributed by atoms with E-state index in [4.69, 9.17) is 5.73 Å². The number of nitrogens with two attached hydrogens (primary N) is 1. The molecule has 0 spiro atoms. The molecule has 3 heteroatoms. The number of amides is 1. The van der Waals surface area contributed by atoms with Gasteiger partial charge in [-0.05, 0) is 73.7 Å². The van der Waals surface area contributed by atoms with Gasteiger partial charge in [0.2, 0.25) is 5.91 Å². The molecular weight excluding hydrogens is 260 g/mol. The summed E-state index contributed by atoms with van der Waals surface area (Å²) in [5, 5.41) is 3.34. The number of hydrogen-bond donors (Lipinski definition) is 2. The van der Waals surface area contributed by atoms with E-state index < -0.39 is 0 Å². The van der Waals surface area contributed by atoms with Gasteiger partial charge in [-0.25, -0.2) is 0 Å². The summed E-state index contributed by atoms with van der Waals surface area (Å²) in [5.74, 6) is 4.38. The summed E-state index contributed by atoms with van der Waals surface area (Å²) in [6, 6.07) is 0.534. The fraction of sp³-hybridized carbons (Fsp3) is 0.944. The molecule has 0 radical (unpaired) electrons. The topological polar surface area (TPSA) is 55.1 Å². The Kier molecular flexibility index (Phi) is 4.06. The van der Waals surface area contributed by atoms with Gasteiger partial charge in [0.05, 0.1) is 0 Å². The normalized spacial score (nSPS) is 38.2. The first kappa shape index (κ1) is 15.3. The van der Waals surface area contributed by atoms with Crippen molar-refractivity contribution in [2.24, 2.45) is 40.7 Å². The van der Waals surface area contributed by atoms with Crippen molar-refractivity contribution in [3.8, 4) is 0 Å². The molecule has 2 bridgehead atoms. The minimum atomic E-state index is 0.245. The molecule has 3 aliphatic rings. The van der Waals surface area contributed by atoms with Crippen LogP contribution in [0.2, 0.25) is 0 Å². The zero-order valence-corrected chi connectivity index (χ0v) is 13.9. The summed E-state index contributed by atoms with van der Waals surface area (Å²) in [6.45, 7) is 7.50. The molecule has 3 nitrogen and oxygen atoms in total. The summed E-state index contributed by atoms with van der Waals surface area (Å²) in [4.78, 5) is 12.3. The van der Waals surface area contributed by atoms with Crippen molar-refractivity contribution < 1.29 is 4.79 Å². The Morgan fingerprint density at radius 3 is 2.33 bits per heavy atom. The Hall–Kier alpha value is -0.570. The minimum Gasteiger partial charge on any atom is -0.353 e. The van der Waals surface area contributed by atoms with E-state index in [0.717, 1.165) is 43.1 Å². The van der Waals surface area contributed by atoms with E-state index in [1.807, 2.05) is 0 Å². The molecule has 120 valence electrons. The van der Waals surface area contributed by atoms with Crippen molar-refractivity contribution >= 4 is 5.91 Å². The van der Waals surface area contributed by atoms with E-state index in [0.29, 0.717) is 18.4 Å². The van der Waals surface area contributed by atoms with E-state index >= 15 is 0 Å². The third-order valence-corrected chi connectivity index (χ3v) is 6.52. The van der Waals surface area contributed by atoms with Crippen LogP contribution in [0.25, 0.3) is 0 Å². The van der Waals surface area contributed by atoms with Crippen LogP contribution in [0.15, 0.2) is 0 Å². The predicted molar refractivity (Wildman–Crippen MR) is 85.6 cm³/mol. The van der Waals surface area contributed by atoms with E-state index in [9.17, 15) is 4.79 Å². The second-order valence-corrected chi connectivity index (χ2v) is 8.76. The molecular formula is C18H32N2O. The molecule has 0 aliphatic heterocycles. The highest BCUT2D eigenvalue weighted by Gasteiger charge is 2.65. The standard InChI is InChI=1S/C18H32N2O/c1-18(2,3)13(8-9-19)6-7-14(21)20-17-15-11-4-5-12(10-11)16(15)17/h11-13,15-17H,4-10,19H2,1-3H3,(H,20,21). The maximum absolute atomic E-state index is 12.3. The molecule has 0 saturated heterocycles. The zero-order valence-electron chi connectivity index (χ0n) is 13.9.